The van der Waals surface area contributed by atoms with Crippen LogP contribution in [0.1, 0.15) is 37.7 Å². The molecule has 0 fully saturated rings. The molecule has 0 atom stereocenters. The van der Waals surface area contributed by atoms with E-state index in [0.717, 1.165) is 11.4 Å². The minimum Gasteiger partial charge on any atom is -0.354 e. The number of aryl methyl sites for hydroxylation is 2. The van der Waals surface area contributed by atoms with Gasteiger partial charge in [0.2, 0.25) is 0 Å². The van der Waals surface area contributed by atoms with Gasteiger partial charge in [0.15, 0.2) is 0 Å². The Morgan fingerprint density at radius 1 is 0.964 bits per heavy atom. The maximum atomic E-state index is 12.6. The number of hydrogen-bond donors (Lipinski definition) is 3. The molecule has 7 nitrogen and oxygen atoms in total. The average molecular weight is 400 g/mol. The fourth-order valence-corrected chi connectivity index (χ4v) is 4.26. The number of rotatable bonds is 5. The van der Waals surface area contributed by atoms with Crippen molar-refractivity contribution < 1.29 is 8.42 Å². The number of pyridine rings is 1. The van der Waals surface area contributed by atoms with E-state index in [1.54, 1.807) is 32.2 Å². The Bertz CT molecular complexity index is 1040. The van der Waals surface area contributed by atoms with Gasteiger partial charge in [-0.3, -0.25) is 9.82 Å². The zero-order valence-electron chi connectivity index (χ0n) is 16.7. The van der Waals surface area contributed by atoms with E-state index in [2.05, 4.69) is 58.1 Å². The number of sulfonamides is 1. The number of aromatic nitrogens is 3. The van der Waals surface area contributed by atoms with E-state index in [-0.39, 0.29) is 16.1 Å². The first kappa shape index (κ1) is 19.9. The Hall–Kier alpha value is -2.87. The van der Waals surface area contributed by atoms with Crippen molar-refractivity contribution in [1.29, 1.82) is 0 Å². The molecule has 0 spiro atoms. The largest absolute Gasteiger partial charge is 0.354 e. The summed E-state index contributed by atoms with van der Waals surface area (Å²) in [5, 5.41) is 9.87. The van der Waals surface area contributed by atoms with Gasteiger partial charge in [0.1, 0.15) is 10.7 Å². The summed E-state index contributed by atoms with van der Waals surface area (Å²) in [5.74, 6) is 0.244. The molecular formula is C20H25N5O2S. The smallest absolute Gasteiger partial charge is 0.266 e. The molecule has 3 N–H and O–H groups in total. The lowest BCUT2D eigenvalue weighted by Crippen LogP contribution is -2.15. The van der Waals surface area contributed by atoms with Crippen molar-refractivity contribution in [1.82, 2.24) is 15.2 Å². The first-order chi connectivity index (χ1) is 13.1. The third-order valence-electron chi connectivity index (χ3n) is 4.37. The quantitative estimate of drug-likeness (QED) is 0.595. The maximum absolute atomic E-state index is 12.6. The van der Waals surface area contributed by atoms with Crippen LogP contribution in [0, 0.1) is 13.8 Å². The molecule has 28 heavy (non-hydrogen) atoms. The lowest BCUT2D eigenvalue weighted by atomic mass is 9.87. The molecule has 148 valence electrons. The van der Waals surface area contributed by atoms with Crippen LogP contribution in [0.2, 0.25) is 0 Å². The summed E-state index contributed by atoms with van der Waals surface area (Å²) in [4.78, 5) is 4.35. The van der Waals surface area contributed by atoms with E-state index in [0.29, 0.717) is 11.4 Å². The van der Waals surface area contributed by atoms with Gasteiger partial charge in [-0.25, -0.2) is 13.4 Å². The molecule has 0 saturated heterocycles. The molecule has 0 aliphatic heterocycles. The van der Waals surface area contributed by atoms with E-state index < -0.39 is 10.0 Å². The van der Waals surface area contributed by atoms with Crippen molar-refractivity contribution in [2.75, 3.05) is 10.0 Å². The van der Waals surface area contributed by atoms with E-state index in [9.17, 15) is 8.42 Å². The van der Waals surface area contributed by atoms with Gasteiger partial charge in [-0.15, -0.1) is 0 Å². The number of hydrogen-bond acceptors (Lipinski definition) is 5. The minimum absolute atomic E-state index is 0.102. The Balaban J connectivity index is 1.72. The van der Waals surface area contributed by atoms with E-state index in [1.165, 1.54) is 5.56 Å². The summed E-state index contributed by atoms with van der Waals surface area (Å²) in [6, 6.07) is 11.6. The van der Waals surface area contributed by atoms with Crippen LogP contribution >= 0.6 is 0 Å². The molecule has 0 radical (unpaired) electrons. The highest BCUT2D eigenvalue weighted by Crippen LogP contribution is 2.25. The Kier molecular flexibility index (Phi) is 5.16. The third-order valence-corrected chi connectivity index (χ3v) is 5.99. The Morgan fingerprint density at radius 2 is 1.61 bits per heavy atom. The molecule has 3 rings (SSSR count). The number of nitrogens with one attached hydrogen (secondary N) is 3. The molecule has 1 aromatic carbocycles. The van der Waals surface area contributed by atoms with Crippen molar-refractivity contribution in [3.8, 4) is 0 Å². The second-order valence-corrected chi connectivity index (χ2v) is 9.37. The zero-order valence-corrected chi connectivity index (χ0v) is 17.5. The van der Waals surface area contributed by atoms with Crippen molar-refractivity contribution in [3.05, 3.63) is 59.5 Å². The summed E-state index contributed by atoms with van der Waals surface area (Å²) in [7, 11) is -3.75. The Labute approximate surface area is 165 Å². The minimum atomic E-state index is -3.75. The van der Waals surface area contributed by atoms with Crippen LogP contribution in [0.3, 0.4) is 0 Å². The normalized spacial score (nSPS) is 12.0. The van der Waals surface area contributed by atoms with Crippen LogP contribution in [0.25, 0.3) is 0 Å². The van der Waals surface area contributed by atoms with Crippen LogP contribution in [-0.4, -0.2) is 23.6 Å². The predicted molar refractivity (Wildman–Crippen MR) is 112 cm³/mol. The van der Waals surface area contributed by atoms with Crippen molar-refractivity contribution in [3.63, 3.8) is 0 Å². The molecule has 0 aliphatic carbocycles. The van der Waals surface area contributed by atoms with Gasteiger partial charge in [-0.1, -0.05) is 32.9 Å². The van der Waals surface area contributed by atoms with Gasteiger partial charge in [-0.2, -0.15) is 5.10 Å². The predicted octanol–water partition coefficient (Wildman–Crippen LogP) is 4.26. The summed E-state index contributed by atoms with van der Waals surface area (Å²) in [6.07, 6.45) is 1.59. The van der Waals surface area contributed by atoms with Gasteiger partial charge in [-0.05, 0) is 49.1 Å². The van der Waals surface area contributed by atoms with Crippen LogP contribution in [0.15, 0.2) is 47.5 Å². The summed E-state index contributed by atoms with van der Waals surface area (Å²) < 4.78 is 27.6. The molecular weight excluding hydrogens is 374 g/mol. The van der Waals surface area contributed by atoms with Gasteiger partial charge in [0.05, 0.1) is 23.3 Å². The van der Waals surface area contributed by atoms with Crippen LogP contribution in [0.4, 0.5) is 17.2 Å². The lowest BCUT2D eigenvalue weighted by molar-refractivity contribution is 0.590. The fraction of sp³-hybridized carbons (Fsp3) is 0.300. The van der Waals surface area contributed by atoms with Gasteiger partial charge < -0.3 is 5.32 Å². The van der Waals surface area contributed by atoms with Crippen molar-refractivity contribution in [2.45, 2.75) is 44.9 Å². The van der Waals surface area contributed by atoms with Gasteiger partial charge in [0, 0.05) is 5.69 Å². The molecule has 0 amide bonds. The third kappa shape index (κ3) is 4.33. The van der Waals surface area contributed by atoms with Crippen LogP contribution < -0.4 is 10.0 Å². The fourth-order valence-electron chi connectivity index (χ4n) is 2.87. The highest BCUT2D eigenvalue weighted by Gasteiger charge is 2.22. The molecule has 3 aromatic rings. The Morgan fingerprint density at radius 3 is 2.11 bits per heavy atom. The number of H-pyrrole nitrogens is 1. The monoisotopic (exact) mass is 399 g/mol. The second kappa shape index (κ2) is 7.27. The van der Waals surface area contributed by atoms with Crippen molar-refractivity contribution in [2.24, 2.45) is 0 Å². The molecule has 8 heteroatoms. The molecule has 0 unspecified atom stereocenters. The van der Waals surface area contributed by atoms with Gasteiger partial charge >= 0.3 is 0 Å². The summed E-state index contributed by atoms with van der Waals surface area (Å²) >= 11 is 0. The lowest BCUT2D eigenvalue weighted by Gasteiger charge is -2.19. The van der Waals surface area contributed by atoms with Crippen molar-refractivity contribution >= 4 is 27.2 Å². The molecule has 2 heterocycles. The van der Waals surface area contributed by atoms with E-state index >= 15 is 0 Å². The molecule has 0 aliphatic rings. The maximum Gasteiger partial charge on any atom is 0.266 e. The standard InChI is InChI=1S/C20H25N5O2S/c1-13-19(14(2)24-23-13)28(26,27)25-18-11-10-17(12-21-18)22-16-8-6-15(7-9-16)20(3,4)5/h6-12,22H,1-5H3,(H,21,25)(H,23,24). The topological polar surface area (TPSA) is 99.8 Å². The number of aromatic amines is 1. The number of nitrogens with zero attached hydrogens (tertiary/aromatic N) is 2. The highest BCUT2D eigenvalue weighted by atomic mass is 32.2. The molecule has 0 saturated carbocycles. The second-order valence-electron chi connectivity index (χ2n) is 7.75. The SMILES string of the molecule is Cc1n[nH]c(C)c1S(=O)(=O)Nc1ccc(Nc2ccc(C(C)(C)C)cc2)cn1. The number of anilines is 3. The van der Waals surface area contributed by atoms with Crippen LogP contribution in [0.5, 0.6) is 0 Å². The highest BCUT2D eigenvalue weighted by molar-refractivity contribution is 7.92. The zero-order chi connectivity index (χ0) is 20.5. The number of benzene rings is 1. The summed E-state index contributed by atoms with van der Waals surface area (Å²) in [6.45, 7) is 9.83. The molecule has 0 bridgehead atoms. The summed E-state index contributed by atoms with van der Waals surface area (Å²) in [5.41, 5.74) is 3.97. The van der Waals surface area contributed by atoms with E-state index in [1.807, 2.05) is 12.1 Å². The molecule has 2 aromatic heterocycles. The van der Waals surface area contributed by atoms with Crippen LogP contribution in [-0.2, 0) is 15.4 Å². The van der Waals surface area contributed by atoms with Gasteiger partial charge in [0.25, 0.3) is 10.0 Å². The van der Waals surface area contributed by atoms with E-state index in [4.69, 9.17) is 0 Å². The average Bonchev–Trinajstić information content (AvgIpc) is 2.95. The first-order valence-corrected chi connectivity index (χ1v) is 10.4. The first-order valence-electron chi connectivity index (χ1n) is 8.94.